The third kappa shape index (κ3) is 3.01. The number of hydrogen-bond donors (Lipinski definition) is 1. The van der Waals surface area contributed by atoms with E-state index in [9.17, 15) is 9.59 Å². The van der Waals surface area contributed by atoms with Crippen LogP contribution in [0.2, 0.25) is 0 Å². The van der Waals surface area contributed by atoms with Crippen molar-refractivity contribution in [3.05, 3.63) is 30.1 Å². The lowest BCUT2D eigenvalue weighted by molar-refractivity contribution is -0.141. The molecule has 0 radical (unpaired) electrons. The number of carboxylic acid groups (broad SMARTS) is 1. The highest BCUT2D eigenvalue weighted by Gasteiger charge is 2.35. The smallest absolute Gasteiger partial charge is 0.326 e. The van der Waals surface area contributed by atoms with Gasteiger partial charge in [-0.15, -0.1) is 0 Å². The van der Waals surface area contributed by atoms with Crippen molar-refractivity contribution < 1.29 is 14.7 Å². The number of aromatic nitrogens is 1. The number of carboxylic acids is 1. The molecule has 1 aromatic rings. The van der Waals surface area contributed by atoms with Gasteiger partial charge in [-0.2, -0.15) is 0 Å². The molecule has 1 aliphatic rings. The van der Waals surface area contributed by atoms with Crippen LogP contribution >= 0.6 is 0 Å². The van der Waals surface area contributed by atoms with Crippen molar-refractivity contribution in [1.82, 2.24) is 14.8 Å². The number of carbonyl (C=O) groups is 2. The Morgan fingerprint density at radius 1 is 1.58 bits per heavy atom. The Bertz CT molecular complexity index is 463. The maximum absolute atomic E-state index is 12.2. The second kappa shape index (κ2) is 5.69. The SMILES string of the molecule is CN(Cc1cccnc1)C(=O)N1CCC[C@H]1C(=O)O. The Kier molecular flexibility index (Phi) is 3.99. The number of rotatable bonds is 3. The number of hydrogen-bond acceptors (Lipinski definition) is 3. The number of pyridine rings is 1. The number of aliphatic carboxylic acids is 1. The summed E-state index contributed by atoms with van der Waals surface area (Å²) in [6, 6.07) is 2.76. The number of urea groups is 1. The summed E-state index contributed by atoms with van der Waals surface area (Å²) in [7, 11) is 1.67. The average molecular weight is 263 g/mol. The van der Waals surface area contributed by atoms with Gasteiger partial charge < -0.3 is 14.9 Å². The number of carbonyl (C=O) groups excluding carboxylic acids is 1. The summed E-state index contributed by atoms with van der Waals surface area (Å²) in [6.45, 7) is 0.933. The van der Waals surface area contributed by atoms with E-state index in [1.54, 1.807) is 19.4 Å². The monoisotopic (exact) mass is 263 g/mol. The van der Waals surface area contributed by atoms with Gasteiger partial charge in [0, 0.05) is 32.5 Å². The fourth-order valence-corrected chi connectivity index (χ4v) is 2.30. The van der Waals surface area contributed by atoms with Crippen molar-refractivity contribution in [2.45, 2.75) is 25.4 Å². The molecule has 0 spiro atoms. The van der Waals surface area contributed by atoms with Crippen LogP contribution in [0, 0.1) is 0 Å². The minimum absolute atomic E-state index is 0.242. The first kappa shape index (κ1) is 13.3. The first-order valence-electron chi connectivity index (χ1n) is 6.23. The van der Waals surface area contributed by atoms with Crippen LogP contribution in [0.4, 0.5) is 4.79 Å². The van der Waals surface area contributed by atoms with Gasteiger partial charge in [0.05, 0.1) is 0 Å². The van der Waals surface area contributed by atoms with Crippen LogP contribution in [0.1, 0.15) is 18.4 Å². The van der Waals surface area contributed by atoms with Gasteiger partial charge in [0.25, 0.3) is 0 Å². The van der Waals surface area contributed by atoms with E-state index in [0.29, 0.717) is 19.5 Å². The molecular formula is C13H17N3O3. The van der Waals surface area contributed by atoms with Crippen molar-refractivity contribution in [3.63, 3.8) is 0 Å². The average Bonchev–Trinajstić information content (AvgIpc) is 2.88. The van der Waals surface area contributed by atoms with E-state index >= 15 is 0 Å². The molecule has 102 valence electrons. The molecule has 1 aromatic heterocycles. The minimum atomic E-state index is -0.930. The van der Waals surface area contributed by atoms with Gasteiger partial charge in [-0.05, 0) is 24.5 Å². The Morgan fingerprint density at radius 3 is 3.00 bits per heavy atom. The van der Waals surface area contributed by atoms with Gasteiger partial charge in [-0.25, -0.2) is 9.59 Å². The number of nitrogens with zero attached hydrogens (tertiary/aromatic N) is 3. The molecule has 1 fully saturated rings. The lowest BCUT2D eigenvalue weighted by Gasteiger charge is -2.27. The lowest BCUT2D eigenvalue weighted by atomic mass is 10.2. The Hall–Kier alpha value is -2.11. The highest BCUT2D eigenvalue weighted by molar-refractivity contribution is 5.83. The van der Waals surface area contributed by atoms with Crippen LogP contribution in [-0.4, -0.2) is 51.5 Å². The van der Waals surface area contributed by atoms with Crippen LogP contribution in [-0.2, 0) is 11.3 Å². The molecule has 0 saturated carbocycles. The molecule has 6 nitrogen and oxygen atoms in total. The maximum Gasteiger partial charge on any atom is 0.326 e. The second-order valence-corrected chi connectivity index (χ2v) is 4.69. The highest BCUT2D eigenvalue weighted by atomic mass is 16.4. The summed E-state index contributed by atoms with van der Waals surface area (Å²) in [5.41, 5.74) is 0.921. The molecule has 0 aromatic carbocycles. The Labute approximate surface area is 111 Å². The normalized spacial score (nSPS) is 18.4. The van der Waals surface area contributed by atoms with Gasteiger partial charge in [0.1, 0.15) is 6.04 Å². The first-order valence-corrected chi connectivity index (χ1v) is 6.23. The molecule has 1 N–H and O–H groups in total. The van der Waals surface area contributed by atoms with E-state index < -0.39 is 12.0 Å². The molecule has 0 unspecified atom stereocenters. The van der Waals surface area contributed by atoms with Gasteiger partial charge in [-0.3, -0.25) is 4.98 Å². The molecule has 1 saturated heterocycles. The van der Waals surface area contributed by atoms with E-state index in [0.717, 1.165) is 12.0 Å². The van der Waals surface area contributed by atoms with Crippen LogP contribution in [0.25, 0.3) is 0 Å². The van der Waals surface area contributed by atoms with Crippen LogP contribution < -0.4 is 0 Å². The molecule has 6 heteroatoms. The molecule has 2 heterocycles. The fraction of sp³-hybridized carbons (Fsp3) is 0.462. The quantitative estimate of drug-likeness (QED) is 0.888. The summed E-state index contributed by atoms with van der Waals surface area (Å²) in [5.74, 6) is -0.930. The zero-order valence-electron chi connectivity index (χ0n) is 10.8. The summed E-state index contributed by atoms with van der Waals surface area (Å²) < 4.78 is 0. The molecule has 2 rings (SSSR count). The molecular weight excluding hydrogens is 246 g/mol. The van der Waals surface area contributed by atoms with E-state index in [4.69, 9.17) is 5.11 Å². The zero-order valence-corrected chi connectivity index (χ0v) is 10.8. The van der Waals surface area contributed by atoms with Crippen molar-refractivity contribution >= 4 is 12.0 Å². The van der Waals surface area contributed by atoms with Crippen LogP contribution in [0.5, 0.6) is 0 Å². The standard InChI is InChI=1S/C13H17N3O3/c1-15(9-10-4-2-6-14-8-10)13(19)16-7-3-5-11(16)12(17)18/h2,4,6,8,11H,3,5,7,9H2,1H3,(H,17,18)/t11-/m0/s1. The Balaban J connectivity index is 2.01. The second-order valence-electron chi connectivity index (χ2n) is 4.69. The third-order valence-corrected chi connectivity index (χ3v) is 3.25. The molecule has 19 heavy (non-hydrogen) atoms. The van der Waals surface area contributed by atoms with Crippen LogP contribution in [0.15, 0.2) is 24.5 Å². The molecule has 0 aliphatic carbocycles. The predicted octanol–water partition coefficient (Wildman–Crippen LogP) is 1.18. The summed E-state index contributed by atoms with van der Waals surface area (Å²) in [5, 5.41) is 9.08. The highest BCUT2D eigenvalue weighted by Crippen LogP contribution is 2.19. The van der Waals surface area contributed by atoms with Crippen LogP contribution in [0.3, 0.4) is 0 Å². The lowest BCUT2D eigenvalue weighted by Crippen LogP contribution is -2.46. The predicted molar refractivity (Wildman–Crippen MR) is 68.5 cm³/mol. The summed E-state index contributed by atoms with van der Waals surface area (Å²) in [4.78, 5) is 30.3. The number of amides is 2. The minimum Gasteiger partial charge on any atom is -0.480 e. The van der Waals surface area contributed by atoms with Gasteiger partial charge in [0.15, 0.2) is 0 Å². The topological polar surface area (TPSA) is 73.7 Å². The van der Waals surface area contributed by atoms with Crippen molar-refractivity contribution in [2.24, 2.45) is 0 Å². The van der Waals surface area contributed by atoms with E-state index in [2.05, 4.69) is 4.98 Å². The largest absolute Gasteiger partial charge is 0.480 e. The Morgan fingerprint density at radius 2 is 2.37 bits per heavy atom. The summed E-state index contributed by atoms with van der Waals surface area (Å²) >= 11 is 0. The molecule has 1 atom stereocenters. The zero-order chi connectivity index (χ0) is 13.8. The van der Waals surface area contributed by atoms with E-state index in [1.807, 2.05) is 12.1 Å². The van der Waals surface area contributed by atoms with Crippen molar-refractivity contribution in [2.75, 3.05) is 13.6 Å². The fourth-order valence-electron chi connectivity index (χ4n) is 2.30. The molecule has 1 aliphatic heterocycles. The van der Waals surface area contributed by atoms with Gasteiger partial charge in [0.2, 0.25) is 0 Å². The maximum atomic E-state index is 12.2. The van der Waals surface area contributed by atoms with Crippen molar-refractivity contribution in [3.8, 4) is 0 Å². The van der Waals surface area contributed by atoms with Crippen molar-refractivity contribution in [1.29, 1.82) is 0 Å². The van der Waals surface area contributed by atoms with Gasteiger partial charge in [-0.1, -0.05) is 6.07 Å². The molecule has 0 bridgehead atoms. The first-order chi connectivity index (χ1) is 9.09. The van der Waals surface area contributed by atoms with E-state index in [1.165, 1.54) is 9.80 Å². The molecule has 2 amide bonds. The third-order valence-electron chi connectivity index (χ3n) is 3.25. The van der Waals surface area contributed by atoms with Gasteiger partial charge >= 0.3 is 12.0 Å². The summed E-state index contributed by atoms with van der Waals surface area (Å²) in [6.07, 6.45) is 4.64. The van der Waals surface area contributed by atoms with E-state index in [-0.39, 0.29) is 6.03 Å². The number of likely N-dealkylation sites (tertiary alicyclic amines) is 1.